The van der Waals surface area contributed by atoms with Crippen molar-refractivity contribution >= 4 is 57.8 Å². The van der Waals surface area contributed by atoms with E-state index in [1.165, 1.54) is 18.5 Å². The quantitative estimate of drug-likeness (QED) is 0.405. The van der Waals surface area contributed by atoms with E-state index in [2.05, 4.69) is 34.6 Å². The van der Waals surface area contributed by atoms with E-state index < -0.39 is 5.91 Å². The number of carbonyl (C=O) groups is 1. The van der Waals surface area contributed by atoms with Crippen molar-refractivity contribution in [2.75, 3.05) is 23.3 Å². The Kier molecular flexibility index (Phi) is 7.04. The molecule has 0 bridgehead atoms. The molecular weight excluding hydrogens is 465 g/mol. The summed E-state index contributed by atoms with van der Waals surface area (Å²) in [5.41, 5.74) is 2.73. The first kappa shape index (κ1) is 22.6. The van der Waals surface area contributed by atoms with Gasteiger partial charge in [0.1, 0.15) is 5.76 Å². The summed E-state index contributed by atoms with van der Waals surface area (Å²) in [7, 11) is 0. The van der Waals surface area contributed by atoms with Crippen LogP contribution in [0.5, 0.6) is 0 Å². The Bertz CT molecular complexity index is 1120. The molecule has 8 heteroatoms. The number of halogens is 2. The molecule has 166 valence electrons. The maximum atomic E-state index is 12.5. The molecule has 1 saturated heterocycles. The molecule has 0 aliphatic carbocycles. The van der Waals surface area contributed by atoms with E-state index >= 15 is 0 Å². The van der Waals surface area contributed by atoms with E-state index in [1.54, 1.807) is 30.3 Å². The lowest BCUT2D eigenvalue weighted by Gasteiger charge is -2.32. The van der Waals surface area contributed by atoms with Crippen molar-refractivity contribution in [2.45, 2.75) is 19.8 Å². The molecule has 2 aromatic carbocycles. The molecule has 3 aromatic rings. The lowest BCUT2D eigenvalue weighted by Crippen LogP contribution is -2.34. The van der Waals surface area contributed by atoms with Gasteiger partial charge in [-0.1, -0.05) is 30.1 Å². The van der Waals surface area contributed by atoms with Crippen LogP contribution in [0.15, 0.2) is 59.0 Å². The minimum atomic E-state index is -0.437. The monoisotopic (exact) mass is 487 g/mol. The molecule has 5 nitrogen and oxygen atoms in total. The molecule has 1 amide bonds. The highest BCUT2D eigenvalue weighted by Crippen LogP contribution is 2.29. The fourth-order valence-corrected chi connectivity index (χ4v) is 4.12. The molecule has 2 N–H and O–H groups in total. The van der Waals surface area contributed by atoms with Gasteiger partial charge < -0.3 is 14.6 Å². The van der Waals surface area contributed by atoms with Crippen molar-refractivity contribution in [1.29, 1.82) is 0 Å². The number of benzene rings is 2. The van der Waals surface area contributed by atoms with Gasteiger partial charge in [0.25, 0.3) is 5.91 Å². The average Bonchev–Trinajstić information content (AvgIpc) is 3.27. The van der Waals surface area contributed by atoms with Gasteiger partial charge in [0.15, 0.2) is 10.9 Å². The summed E-state index contributed by atoms with van der Waals surface area (Å²) in [5.74, 6) is 1.01. The molecule has 1 aliphatic rings. The average molecular weight is 488 g/mol. The fourth-order valence-electron chi connectivity index (χ4n) is 3.61. The van der Waals surface area contributed by atoms with Gasteiger partial charge in [-0.3, -0.25) is 10.1 Å². The van der Waals surface area contributed by atoms with Crippen LogP contribution in [0.4, 0.5) is 11.4 Å². The third kappa shape index (κ3) is 5.44. The van der Waals surface area contributed by atoms with Crippen LogP contribution >= 0.6 is 35.4 Å². The second-order valence-corrected chi connectivity index (χ2v) is 9.14. The van der Waals surface area contributed by atoms with Crippen molar-refractivity contribution in [1.82, 2.24) is 5.32 Å². The molecular formula is C24H23Cl2N3O2S. The number of piperidine rings is 1. The van der Waals surface area contributed by atoms with Gasteiger partial charge in [-0.15, -0.1) is 0 Å². The fraction of sp³-hybridized carbons (Fsp3) is 0.250. The maximum absolute atomic E-state index is 12.5. The number of carbonyl (C=O) groups excluding carboxylic acids is 1. The van der Waals surface area contributed by atoms with Crippen LogP contribution in [0.1, 0.15) is 30.3 Å². The van der Waals surface area contributed by atoms with Crippen molar-refractivity contribution in [2.24, 2.45) is 5.92 Å². The number of amides is 1. The summed E-state index contributed by atoms with van der Waals surface area (Å²) < 4.78 is 5.66. The van der Waals surface area contributed by atoms with Crippen molar-refractivity contribution in [3.05, 3.63) is 70.4 Å². The molecule has 2 heterocycles. The molecule has 1 fully saturated rings. The van der Waals surface area contributed by atoms with Crippen LogP contribution in [0, 0.1) is 5.92 Å². The summed E-state index contributed by atoms with van der Waals surface area (Å²) in [4.78, 5) is 14.9. The molecule has 4 rings (SSSR count). The van der Waals surface area contributed by atoms with Gasteiger partial charge in [0, 0.05) is 30.0 Å². The maximum Gasteiger partial charge on any atom is 0.293 e. The van der Waals surface area contributed by atoms with Gasteiger partial charge in [0.05, 0.1) is 10.0 Å². The topological polar surface area (TPSA) is 57.5 Å². The number of furan rings is 1. The molecule has 1 aromatic heterocycles. The summed E-state index contributed by atoms with van der Waals surface area (Å²) in [6, 6.07) is 16.5. The van der Waals surface area contributed by atoms with E-state index in [0.717, 1.165) is 30.3 Å². The number of nitrogens with one attached hydrogen (secondary N) is 2. The molecule has 0 radical (unpaired) electrons. The third-order valence-electron chi connectivity index (χ3n) is 5.53. The van der Waals surface area contributed by atoms with Crippen LogP contribution < -0.4 is 15.5 Å². The Labute approximate surface area is 202 Å². The zero-order chi connectivity index (χ0) is 22.7. The van der Waals surface area contributed by atoms with Crippen LogP contribution in [0.25, 0.3) is 11.3 Å². The lowest BCUT2D eigenvalue weighted by atomic mass is 9.99. The van der Waals surface area contributed by atoms with Crippen molar-refractivity contribution < 1.29 is 9.21 Å². The standard InChI is InChI=1S/C24H23Cl2N3O2S/c1-15-10-12-29(13-11-15)18-5-3-17(4-6-18)27-24(32)28-23(30)22-9-8-21(31-22)16-2-7-19(25)20(26)14-16/h2-9,14-15H,10-13H2,1H3,(H2,27,28,30,32). The van der Waals surface area contributed by atoms with Crippen LogP contribution in [0.3, 0.4) is 0 Å². The zero-order valence-corrected chi connectivity index (χ0v) is 19.9. The highest BCUT2D eigenvalue weighted by molar-refractivity contribution is 7.80. The number of anilines is 2. The number of rotatable bonds is 4. The second kappa shape index (κ2) is 9.94. The first-order valence-electron chi connectivity index (χ1n) is 10.4. The highest BCUT2D eigenvalue weighted by atomic mass is 35.5. The Morgan fingerprint density at radius 2 is 1.75 bits per heavy atom. The van der Waals surface area contributed by atoms with Gasteiger partial charge in [-0.05, 0) is 85.6 Å². The minimum Gasteiger partial charge on any atom is -0.451 e. The minimum absolute atomic E-state index is 0.143. The summed E-state index contributed by atoms with van der Waals surface area (Å²) in [6.45, 7) is 4.46. The molecule has 0 saturated carbocycles. The van der Waals surface area contributed by atoms with Gasteiger partial charge in [-0.2, -0.15) is 0 Å². The molecule has 1 aliphatic heterocycles. The predicted molar refractivity (Wildman–Crippen MR) is 135 cm³/mol. The number of hydrogen-bond donors (Lipinski definition) is 2. The number of nitrogens with zero attached hydrogens (tertiary/aromatic N) is 1. The molecule has 0 atom stereocenters. The SMILES string of the molecule is CC1CCN(c2ccc(NC(=S)NC(=O)c3ccc(-c4ccc(Cl)c(Cl)c4)o3)cc2)CC1. The van der Waals surface area contributed by atoms with Gasteiger partial charge in [0.2, 0.25) is 0 Å². The number of thiocarbonyl (C=S) groups is 1. The van der Waals surface area contributed by atoms with E-state index in [4.69, 9.17) is 39.8 Å². The van der Waals surface area contributed by atoms with Crippen LogP contribution in [-0.2, 0) is 0 Å². The van der Waals surface area contributed by atoms with Crippen LogP contribution in [-0.4, -0.2) is 24.1 Å². The Balaban J connectivity index is 1.33. The third-order valence-corrected chi connectivity index (χ3v) is 6.48. The smallest absolute Gasteiger partial charge is 0.293 e. The predicted octanol–water partition coefficient (Wildman–Crippen LogP) is 6.62. The Morgan fingerprint density at radius 3 is 2.44 bits per heavy atom. The second-order valence-electron chi connectivity index (χ2n) is 7.92. The summed E-state index contributed by atoms with van der Waals surface area (Å²) in [5, 5.41) is 6.75. The Hall–Kier alpha value is -2.54. The summed E-state index contributed by atoms with van der Waals surface area (Å²) in [6.07, 6.45) is 2.44. The highest BCUT2D eigenvalue weighted by Gasteiger charge is 2.17. The van der Waals surface area contributed by atoms with Gasteiger partial charge in [-0.25, -0.2) is 0 Å². The molecule has 0 spiro atoms. The first-order valence-corrected chi connectivity index (χ1v) is 11.6. The Morgan fingerprint density at radius 1 is 1.03 bits per heavy atom. The van der Waals surface area contributed by atoms with Crippen molar-refractivity contribution in [3.8, 4) is 11.3 Å². The summed E-state index contributed by atoms with van der Waals surface area (Å²) >= 11 is 17.3. The van der Waals surface area contributed by atoms with Gasteiger partial charge >= 0.3 is 0 Å². The normalized spacial score (nSPS) is 14.3. The lowest BCUT2D eigenvalue weighted by molar-refractivity contribution is 0.0951. The first-order chi connectivity index (χ1) is 15.4. The van der Waals surface area contributed by atoms with Crippen molar-refractivity contribution in [3.63, 3.8) is 0 Å². The van der Waals surface area contributed by atoms with E-state index in [-0.39, 0.29) is 10.9 Å². The molecule has 0 unspecified atom stereocenters. The largest absolute Gasteiger partial charge is 0.451 e. The molecule has 32 heavy (non-hydrogen) atoms. The van der Waals surface area contributed by atoms with Crippen LogP contribution in [0.2, 0.25) is 10.0 Å². The van der Waals surface area contributed by atoms with E-state index in [0.29, 0.717) is 15.8 Å². The number of hydrogen-bond acceptors (Lipinski definition) is 4. The van der Waals surface area contributed by atoms with E-state index in [9.17, 15) is 4.79 Å². The zero-order valence-electron chi connectivity index (χ0n) is 17.5. The van der Waals surface area contributed by atoms with E-state index in [1.807, 2.05) is 12.1 Å².